The van der Waals surface area contributed by atoms with Gasteiger partial charge in [-0.2, -0.15) is 0 Å². The molecule has 0 amide bonds. The van der Waals surface area contributed by atoms with Gasteiger partial charge in [0.1, 0.15) is 6.61 Å². The molecule has 1 aromatic rings. The van der Waals surface area contributed by atoms with Crippen molar-refractivity contribution < 1.29 is 43.8 Å². The fourth-order valence-electron chi connectivity index (χ4n) is 1.42. The molecular formula is C31H50O9. The first kappa shape index (κ1) is 43.5. The second kappa shape index (κ2) is 28.5. The molecule has 0 aliphatic rings. The highest BCUT2D eigenvalue weighted by Crippen LogP contribution is 2.14. The topological polar surface area (TPSA) is 129 Å². The fourth-order valence-corrected chi connectivity index (χ4v) is 1.42. The number of carbonyl (C=O) groups excluding carboxylic acids is 2. The summed E-state index contributed by atoms with van der Waals surface area (Å²) in [7, 11) is 0. The van der Waals surface area contributed by atoms with Crippen LogP contribution in [0.15, 0.2) is 74.9 Å². The third-order valence-corrected chi connectivity index (χ3v) is 3.16. The van der Waals surface area contributed by atoms with Gasteiger partial charge in [0.2, 0.25) is 0 Å². The summed E-state index contributed by atoms with van der Waals surface area (Å²) in [6.07, 6.45) is 6.87. The van der Waals surface area contributed by atoms with Crippen LogP contribution in [-0.4, -0.2) is 59.1 Å². The van der Waals surface area contributed by atoms with E-state index in [4.69, 9.17) is 20.0 Å². The average molecular weight is 567 g/mol. The maximum absolute atomic E-state index is 10.3. The van der Waals surface area contributed by atoms with E-state index in [0.717, 1.165) is 25.0 Å². The third kappa shape index (κ3) is 47.6. The summed E-state index contributed by atoms with van der Waals surface area (Å²) in [5.74, 6) is -1.81. The molecule has 0 fully saturated rings. The highest BCUT2D eigenvalue weighted by atomic mass is 17.2. The molecule has 0 bridgehead atoms. The zero-order valence-corrected chi connectivity index (χ0v) is 25.3. The molecule has 40 heavy (non-hydrogen) atoms. The van der Waals surface area contributed by atoms with Crippen molar-refractivity contribution in [3.63, 3.8) is 0 Å². The number of rotatable bonds is 10. The lowest BCUT2D eigenvalue weighted by Gasteiger charge is -2.24. The van der Waals surface area contributed by atoms with Crippen LogP contribution in [0, 0.1) is 0 Å². The van der Waals surface area contributed by atoms with E-state index >= 15 is 0 Å². The number of unbranched alkanes of at least 4 members (excludes halogenated alkanes) is 1. The van der Waals surface area contributed by atoms with Crippen LogP contribution in [0.2, 0.25) is 0 Å². The summed E-state index contributed by atoms with van der Waals surface area (Å²) in [4.78, 5) is 39.9. The Bertz CT molecular complexity index is 803. The molecule has 0 aromatic heterocycles. The molecule has 0 aliphatic carbocycles. The van der Waals surface area contributed by atoms with Crippen LogP contribution < -0.4 is 0 Å². The SMILES string of the molecule is C=CC(=O)O.C=CC(=O)OCCCC.C=CC(=O)OCCO.C=Cc1ccccc1.CC(C)(C)OOC(C)(C)C. The first-order valence-electron chi connectivity index (χ1n) is 12.6. The van der Waals surface area contributed by atoms with E-state index in [2.05, 4.69) is 35.8 Å². The van der Waals surface area contributed by atoms with Gasteiger partial charge in [-0.3, -0.25) is 0 Å². The predicted octanol–water partition coefficient (Wildman–Crippen LogP) is 6.34. The lowest BCUT2D eigenvalue weighted by Crippen LogP contribution is -2.27. The van der Waals surface area contributed by atoms with Gasteiger partial charge in [0.15, 0.2) is 0 Å². The number of carbonyl (C=O) groups is 3. The van der Waals surface area contributed by atoms with E-state index < -0.39 is 11.9 Å². The first-order chi connectivity index (χ1) is 18.5. The standard InChI is InChI=1S/C8H18O2.C8H8.C7H12O2.C5H8O3.C3H4O2/c1-7(2,3)9-10-8(4,5)6;1-2-8-6-4-3-5-7-8;1-3-5-6-9-7(8)4-2;1-2-5(7)8-4-3-6;1-2-3(4)5/h1-6H3;2-7H,1H2;4H,2-3,5-6H2,1H3;2,6H,1,3-4H2;2H,1H2,(H,4,5). The number of hydrogen-bond donors (Lipinski definition) is 2. The van der Waals surface area contributed by atoms with Crippen molar-refractivity contribution in [3.05, 3.63) is 80.4 Å². The molecule has 0 aliphatic heterocycles. The number of aliphatic hydroxyl groups excluding tert-OH is 1. The van der Waals surface area contributed by atoms with Crippen molar-refractivity contribution in [1.82, 2.24) is 0 Å². The Labute approximate surface area is 240 Å². The Morgan fingerprint density at radius 3 is 1.43 bits per heavy atom. The Hall–Kier alpha value is -3.53. The van der Waals surface area contributed by atoms with Gasteiger partial charge >= 0.3 is 17.9 Å². The molecule has 0 radical (unpaired) electrons. The number of ether oxygens (including phenoxy) is 2. The third-order valence-electron chi connectivity index (χ3n) is 3.16. The molecule has 228 valence electrons. The van der Waals surface area contributed by atoms with Crippen molar-refractivity contribution in [1.29, 1.82) is 0 Å². The van der Waals surface area contributed by atoms with Gasteiger partial charge in [-0.05, 0) is 53.5 Å². The molecule has 9 nitrogen and oxygen atoms in total. The van der Waals surface area contributed by atoms with Gasteiger partial charge < -0.3 is 19.7 Å². The van der Waals surface area contributed by atoms with Crippen molar-refractivity contribution in [3.8, 4) is 0 Å². The Morgan fingerprint density at radius 1 is 0.775 bits per heavy atom. The molecule has 0 heterocycles. The summed E-state index contributed by atoms with van der Waals surface area (Å²) < 4.78 is 9.01. The van der Waals surface area contributed by atoms with Crippen LogP contribution in [0.5, 0.6) is 0 Å². The van der Waals surface area contributed by atoms with Gasteiger partial charge in [0, 0.05) is 18.2 Å². The highest BCUT2D eigenvalue weighted by molar-refractivity contribution is 5.81. The summed E-state index contributed by atoms with van der Waals surface area (Å²) in [6.45, 7) is 27.2. The number of carboxylic acid groups (broad SMARTS) is 1. The normalized spacial score (nSPS) is 9.50. The highest BCUT2D eigenvalue weighted by Gasteiger charge is 2.18. The van der Waals surface area contributed by atoms with Crippen molar-refractivity contribution >= 4 is 24.0 Å². The van der Waals surface area contributed by atoms with Gasteiger partial charge in [-0.15, -0.1) is 0 Å². The number of hydrogen-bond acceptors (Lipinski definition) is 8. The number of esters is 2. The van der Waals surface area contributed by atoms with Gasteiger partial charge in [0.05, 0.1) is 24.4 Å². The first-order valence-corrected chi connectivity index (χ1v) is 12.6. The minimum atomic E-state index is -0.981. The zero-order chi connectivity index (χ0) is 32.0. The Balaban J connectivity index is -0.000000205. The minimum Gasteiger partial charge on any atom is -0.478 e. The fraction of sp³-hybridized carbons (Fsp3) is 0.452. The van der Waals surface area contributed by atoms with E-state index in [1.54, 1.807) is 0 Å². The summed E-state index contributed by atoms with van der Waals surface area (Å²) >= 11 is 0. The maximum Gasteiger partial charge on any atom is 0.330 e. The molecule has 0 saturated carbocycles. The van der Waals surface area contributed by atoms with E-state index in [-0.39, 0.29) is 30.4 Å². The number of carboxylic acids is 1. The number of benzene rings is 1. The molecule has 1 rings (SSSR count). The Morgan fingerprint density at radius 2 is 1.18 bits per heavy atom. The van der Waals surface area contributed by atoms with Crippen molar-refractivity contribution in [2.75, 3.05) is 19.8 Å². The smallest absolute Gasteiger partial charge is 0.330 e. The van der Waals surface area contributed by atoms with E-state index in [1.807, 2.05) is 84.9 Å². The monoisotopic (exact) mass is 566 g/mol. The summed E-state index contributed by atoms with van der Waals surface area (Å²) in [6, 6.07) is 10.0. The predicted molar refractivity (Wildman–Crippen MR) is 160 cm³/mol. The van der Waals surface area contributed by atoms with E-state index in [9.17, 15) is 14.4 Å². The second-order valence-corrected chi connectivity index (χ2v) is 9.37. The number of aliphatic carboxylic acids is 1. The van der Waals surface area contributed by atoms with Crippen LogP contribution in [-0.2, 0) is 33.6 Å². The van der Waals surface area contributed by atoms with Crippen LogP contribution in [0.4, 0.5) is 0 Å². The molecule has 9 heteroatoms. The molecule has 2 N–H and O–H groups in total. The van der Waals surface area contributed by atoms with Gasteiger partial charge in [0.25, 0.3) is 0 Å². The molecule has 1 aromatic carbocycles. The lowest BCUT2D eigenvalue weighted by atomic mass is 10.2. The Kier molecular flexibility index (Phi) is 31.0. The largest absolute Gasteiger partial charge is 0.478 e. The molecule has 0 unspecified atom stereocenters. The van der Waals surface area contributed by atoms with Crippen LogP contribution in [0.25, 0.3) is 6.08 Å². The second-order valence-electron chi connectivity index (χ2n) is 9.37. The van der Waals surface area contributed by atoms with E-state index in [1.165, 1.54) is 11.6 Å². The summed E-state index contributed by atoms with van der Waals surface area (Å²) in [5.41, 5.74) is 0.744. The number of aliphatic hydroxyl groups is 1. The van der Waals surface area contributed by atoms with Gasteiger partial charge in [-0.1, -0.05) is 76.1 Å². The molecular weight excluding hydrogens is 516 g/mol. The average Bonchev–Trinajstić information content (AvgIpc) is 2.91. The van der Waals surface area contributed by atoms with Crippen LogP contribution >= 0.6 is 0 Å². The molecule has 0 atom stereocenters. The van der Waals surface area contributed by atoms with Crippen LogP contribution in [0.1, 0.15) is 66.9 Å². The van der Waals surface area contributed by atoms with Crippen molar-refractivity contribution in [2.24, 2.45) is 0 Å². The minimum absolute atomic E-state index is 0.0465. The quantitative estimate of drug-likeness (QED) is 0.110. The maximum atomic E-state index is 10.3. The van der Waals surface area contributed by atoms with Crippen molar-refractivity contribution in [2.45, 2.75) is 72.5 Å². The zero-order valence-electron chi connectivity index (χ0n) is 25.3. The molecule has 0 saturated heterocycles. The summed E-state index contributed by atoms with van der Waals surface area (Å²) in [5, 5.41) is 15.7. The molecule has 0 spiro atoms. The van der Waals surface area contributed by atoms with Gasteiger partial charge in [-0.25, -0.2) is 24.2 Å². The van der Waals surface area contributed by atoms with E-state index in [0.29, 0.717) is 6.61 Å². The van der Waals surface area contributed by atoms with Crippen LogP contribution in [0.3, 0.4) is 0 Å². The lowest BCUT2D eigenvalue weighted by molar-refractivity contribution is -0.393.